The van der Waals surface area contributed by atoms with Crippen LogP contribution in [0, 0.1) is 0 Å². The highest BCUT2D eigenvalue weighted by Crippen LogP contribution is 2.47. The van der Waals surface area contributed by atoms with Crippen molar-refractivity contribution >= 4 is 96.4 Å². The summed E-state index contributed by atoms with van der Waals surface area (Å²) < 4.78 is 4.98. The molecule has 0 N–H and O–H groups in total. The van der Waals surface area contributed by atoms with E-state index in [0.29, 0.717) is 5.82 Å². The predicted molar refractivity (Wildman–Crippen MR) is 256 cm³/mol. The second kappa shape index (κ2) is 12.9. The average molecular weight is 780 g/mol. The lowest BCUT2D eigenvalue weighted by Crippen LogP contribution is -1.98. The molecule has 0 aliphatic heterocycles. The van der Waals surface area contributed by atoms with Crippen molar-refractivity contribution in [2.75, 3.05) is 0 Å². The molecule has 13 rings (SSSR count). The van der Waals surface area contributed by atoms with E-state index in [9.17, 15) is 0 Å². The molecule has 0 saturated carbocycles. The SMILES string of the molecule is c1ccc(-c2cc(-c3ccc4c5ccccc5c5ccccc5c4c3)nc(-c3cc4c(c5ccccc5n4-c4ccccc4)c4c3ccc3c5ccccc5sc34)n2)cc1. The van der Waals surface area contributed by atoms with E-state index in [1.54, 1.807) is 0 Å². The zero-order valence-electron chi connectivity index (χ0n) is 32.3. The summed E-state index contributed by atoms with van der Waals surface area (Å²) in [6.07, 6.45) is 0. The number of para-hydroxylation sites is 2. The number of aromatic nitrogens is 3. The second-order valence-electron chi connectivity index (χ2n) is 15.6. The molecule has 0 bridgehead atoms. The van der Waals surface area contributed by atoms with E-state index in [2.05, 4.69) is 205 Å². The Balaban J connectivity index is 1.16. The number of hydrogen-bond acceptors (Lipinski definition) is 3. The second-order valence-corrected chi connectivity index (χ2v) is 16.7. The molecule has 3 heterocycles. The Labute approximate surface area is 349 Å². The molecule has 0 unspecified atom stereocenters. The molecule has 0 radical (unpaired) electrons. The summed E-state index contributed by atoms with van der Waals surface area (Å²) in [7, 11) is 0. The van der Waals surface area contributed by atoms with E-state index in [0.717, 1.165) is 44.7 Å². The molecule has 278 valence electrons. The van der Waals surface area contributed by atoms with Gasteiger partial charge >= 0.3 is 0 Å². The van der Waals surface area contributed by atoms with Gasteiger partial charge in [-0.2, -0.15) is 0 Å². The highest BCUT2D eigenvalue weighted by atomic mass is 32.1. The van der Waals surface area contributed by atoms with Gasteiger partial charge in [0.2, 0.25) is 0 Å². The van der Waals surface area contributed by atoms with Crippen molar-refractivity contribution in [3.63, 3.8) is 0 Å². The number of hydrogen-bond donors (Lipinski definition) is 0. The van der Waals surface area contributed by atoms with E-state index in [1.807, 2.05) is 11.3 Å². The number of nitrogens with zero attached hydrogens (tertiary/aromatic N) is 3. The molecule has 10 aromatic carbocycles. The van der Waals surface area contributed by atoms with Crippen molar-refractivity contribution in [2.24, 2.45) is 0 Å². The Morgan fingerprint density at radius 1 is 0.350 bits per heavy atom. The molecule has 13 aromatic rings. The Hall–Kier alpha value is -7.66. The van der Waals surface area contributed by atoms with Gasteiger partial charge in [-0.1, -0.05) is 158 Å². The third kappa shape index (κ3) is 4.89. The minimum atomic E-state index is 0.701. The first kappa shape index (κ1) is 33.3. The van der Waals surface area contributed by atoms with Gasteiger partial charge in [-0.25, -0.2) is 9.97 Å². The fourth-order valence-electron chi connectivity index (χ4n) is 9.71. The first-order valence-corrected chi connectivity index (χ1v) is 21.2. The summed E-state index contributed by atoms with van der Waals surface area (Å²) in [6.45, 7) is 0. The van der Waals surface area contributed by atoms with Crippen molar-refractivity contribution in [3.8, 4) is 39.6 Å². The Bertz CT molecular complexity index is 3850. The van der Waals surface area contributed by atoms with Crippen LogP contribution in [0.25, 0.3) is 125 Å². The van der Waals surface area contributed by atoms with E-state index in [-0.39, 0.29) is 0 Å². The van der Waals surface area contributed by atoms with Crippen molar-refractivity contribution in [3.05, 3.63) is 200 Å². The molecular formula is C56H33N3S. The highest BCUT2D eigenvalue weighted by molar-refractivity contribution is 7.26. The van der Waals surface area contributed by atoms with Crippen LogP contribution >= 0.6 is 11.3 Å². The first-order chi connectivity index (χ1) is 29.8. The van der Waals surface area contributed by atoms with E-state index in [1.165, 1.54) is 74.2 Å². The van der Waals surface area contributed by atoms with Gasteiger partial charge in [-0.05, 0) is 80.2 Å². The molecule has 0 saturated heterocycles. The maximum absolute atomic E-state index is 5.57. The van der Waals surface area contributed by atoms with Crippen LogP contribution in [0.1, 0.15) is 0 Å². The number of rotatable bonds is 4. The summed E-state index contributed by atoms with van der Waals surface area (Å²) in [4.78, 5) is 11.0. The van der Waals surface area contributed by atoms with Crippen LogP contribution in [-0.2, 0) is 0 Å². The van der Waals surface area contributed by atoms with Crippen LogP contribution in [0.5, 0.6) is 0 Å². The predicted octanol–water partition coefficient (Wildman–Crippen LogP) is 15.6. The standard InChI is InChI=1S/C56H33N3S/c1-3-15-34(16-4-1)48-33-49(35-27-28-41-39-21-8-7-19-37(39)38-20-9-10-22-40(38)46(41)31-35)58-56(57-48)47-32-51-53(45-24-11-13-25-50(45)59(51)36-17-5-2-6-18-36)54-43(47)29-30-44-42-23-12-14-26-52(42)60-55(44)54/h1-33H. The average Bonchev–Trinajstić information content (AvgIpc) is 3.87. The molecule has 0 fully saturated rings. The van der Waals surface area contributed by atoms with Gasteiger partial charge in [-0.3, -0.25) is 0 Å². The Morgan fingerprint density at radius 2 is 0.900 bits per heavy atom. The molecule has 0 amide bonds. The fourth-order valence-corrected chi connectivity index (χ4v) is 11.0. The molecule has 0 aliphatic carbocycles. The monoisotopic (exact) mass is 779 g/mol. The summed E-state index contributed by atoms with van der Waals surface area (Å²) in [5, 5.41) is 14.9. The molecule has 3 nitrogen and oxygen atoms in total. The first-order valence-electron chi connectivity index (χ1n) is 20.4. The lowest BCUT2D eigenvalue weighted by atomic mass is 9.92. The third-order valence-corrected chi connectivity index (χ3v) is 13.6. The van der Waals surface area contributed by atoms with E-state index < -0.39 is 0 Å². The zero-order chi connectivity index (χ0) is 39.3. The summed E-state index contributed by atoms with van der Waals surface area (Å²) in [6, 6.07) is 72.4. The summed E-state index contributed by atoms with van der Waals surface area (Å²) in [5.74, 6) is 0.701. The van der Waals surface area contributed by atoms with Gasteiger partial charge in [-0.15, -0.1) is 11.3 Å². The smallest absolute Gasteiger partial charge is 0.161 e. The van der Waals surface area contributed by atoms with Crippen LogP contribution in [0.15, 0.2) is 200 Å². The molecule has 0 spiro atoms. The number of fused-ring (bicyclic) bond motifs is 15. The van der Waals surface area contributed by atoms with Crippen LogP contribution in [-0.4, -0.2) is 14.5 Å². The molecule has 60 heavy (non-hydrogen) atoms. The zero-order valence-corrected chi connectivity index (χ0v) is 33.1. The van der Waals surface area contributed by atoms with Crippen LogP contribution in [0.4, 0.5) is 0 Å². The lowest BCUT2D eigenvalue weighted by Gasteiger charge is -2.15. The van der Waals surface area contributed by atoms with Gasteiger partial charge < -0.3 is 4.57 Å². The van der Waals surface area contributed by atoms with Crippen molar-refractivity contribution in [1.82, 2.24) is 14.5 Å². The Kier molecular flexibility index (Phi) is 7.18. The normalized spacial score (nSPS) is 12.0. The molecule has 0 atom stereocenters. The maximum Gasteiger partial charge on any atom is 0.161 e. The van der Waals surface area contributed by atoms with Gasteiger partial charge in [0.05, 0.1) is 22.4 Å². The topological polar surface area (TPSA) is 30.7 Å². The molecule has 4 heteroatoms. The largest absolute Gasteiger partial charge is 0.309 e. The van der Waals surface area contributed by atoms with Crippen molar-refractivity contribution in [2.45, 2.75) is 0 Å². The molecule has 3 aromatic heterocycles. The van der Waals surface area contributed by atoms with Crippen molar-refractivity contribution < 1.29 is 0 Å². The lowest BCUT2D eigenvalue weighted by molar-refractivity contribution is 1.17. The number of thiophene rings is 1. The van der Waals surface area contributed by atoms with Gasteiger partial charge in [0.25, 0.3) is 0 Å². The summed E-state index contributed by atoms with van der Waals surface area (Å²) in [5.41, 5.74) is 8.31. The van der Waals surface area contributed by atoms with Crippen LogP contribution in [0.2, 0.25) is 0 Å². The van der Waals surface area contributed by atoms with E-state index in [4.69, 9.17) is 9.97 Å². The quantitative estimate of drug-likeness (QED) is 0.167. The highest BCUT2D eigenvalue weighted by Gasteiger charge is 2.23. The van der Waals surface area contributed by atoms with Crippen molar-refractivity contribution in [1.29, 1.82) is 0 Å². The maximum atomic E-state index is 5.57. The minimum Gasteiger partial charge on any atom is -0.309 e. The summed E-state index contributed by atoms with van der Waals surface area (Å²) >= 11 is 1.88. The minimum absolute atomic E-state index is 0.701. The van der Waals surface area contributed by atoms with Crippen LogP contribution < -0.4 is 0 Å². The molecular weight excluding hydrogens is 747 g/mol. The van der Waals surface area contributed by atoms with E-state index >= 15 is 0 Å². The molecule has 0 aliphatic rings. The Morgan fingerprint density at radius 3 is 1.63 bits per heavy atom. The number of benzene rings is 10. The third-order valence-electron chi connectivity index (χ3n) is 12.4. The van der Waals surface area contributed by atoms with Gasteiger partial charge in [0.15, 0.2) is 5.82 Å². The fraction of sp³-hybridized carbons (Fsp3) is 0. The van der Waals surface area contributed by atoms with Crippen LogP contribution in [0.3, 0.4) is 0 Å². The van der Waals surface area contributed by atoms with Gasteiger partial charge in [0, 0.05) is 58.7 Å². The van der Waals surface area contributed by atoms with Gasteiger partial charge in [0.1, 0.15) is 0 Å².